The molecule has 2 atom stereocenters. The van der Waals surface area contributed by atoms with E-state index in [1.807, 2.05) is 48.5 Å². The summed E-state index contributed by atoms with van der Waals surface area (Å²) in [5.41, 5.74) is 3.12. The Labute approximate surface area is 187 Å². The van der Waals surface area contributed by atoms with E-state index in [0.717, 1.165) is 22.6 Å². The largest absolute Gasteiger partial charge is 0.497 e. The van der Waals surface area contributed by atoms with Crippen LogP contribution in [0.25, 0.3) is 0 Å². The molecule has 5 nitrogen and oxygen atoms in total. The number of hydrogen-bond donors (Lipinski definition) is 2. The van der Waals surface area contributed by atoms with Gasteiger partial charge in [0.05, 0.1) is 31.4 Å². The van der Waals surface area contributed by atoms with Gasteiger partial charge in [-0.1, -0.05) is 35.9 Å². The summed E-state index contributed by atoms with van der Waals surface area (Å²) in [6, 6.07) is 21.8. The number of ether oxygens (including phenoxy) is 2. The van der Waals surface area contributed by atoms with Crippen LogP contribution < -0.4 is 10.1 Å². The zero-order valence-electron chi connectivity index (χ0n) is 17.5. The third-order valence-corrected chi connectivity index (χ3v) is 5.22. The number of aliphatic hydroxyl groups excluding tert-OH is 1. The maximum absolute atomic E-state index is 11.9. The lowest BCUT2D eigenvalue weighted by Gasteiger charge is -2.24. The summed E-state index contributed by atoms with van der Waals surface area (Å²) < 4.78 is 10.3. The van der Waals surface area contributed by atoms with E-state index in [0.29, 0.717) is 23.6 Å². The average Bonchev–Trinajstić information content (AvgIpc) is 2.79. The molecule has 0 saturated carbocycles. The van der Waals surface area contributed by atoms with Crippen LogP contribution in [0.1, 0.15) is 47.0 Å². The molecule has 0 amide bonds. The summed E-state index contributed by atoms with van der Waals surface area (Å²) in [7, 11) is 1.63. The minimum atomic E-state index is -0.685. The number of nitrogens with one attached hydrogen (secondary N) is 1. The van der Waals surface area contributed by atoms with Gasteiger partial charge in [0.2, 0.25) is 0 Å². The smallest absolute Gasteiger partial charge is 0.338 e. The summed E-state index contributed by atoms with van der Waals surface area (Å²) in [6.07, 6.45) is -0.246. The van der Waals surface area contributed by atoms with Crippen LogP contribution in [0.2, 0.25) is 5.02 Å². The molecule has 2 N–H and O–H groups in total. The SMILES string of the molecule is CCOC(=O)c1ccc(NC(CC(O)c2ccc(Cl)cc2)c2ccc(OC)cc2)cc1. The highest BCUT2D eigenvalue weighted by atomic mass is 35.5. The van der Waals surface area contributed by atoms with Crippen LogP contribution in [0.5, 0.6) is 5.75 Å². The van der Waals surface area contributed by atoms with Crippen molar-refractivity contribution in [3.8, 4) is 5.75 Å². The number of carbonyl (C=O) groups is 1. The minimum Gasteiger partial charge on any atom is -0.497 e. The molecule has 162 valence electrons. The van der Waals surface area contributed by atoms with Gasteiger partial charge >= 0.3 is 5.97 Å². The first-order valence-electron chi connectivity index (χ1n) is 10.1. The van der Waals surface area contributed by atoms with E-state index in [2.05, 4.69) is 5.32 Å². The topological polar surface area (TPSA) is 67.8 Å². The second kappa shape index (κ2) is 10.8. The van der Waals surface area contributed by atoms with E-state index in [9.17, 15) is 9.90 Å². The van der Waals surface area contributed by atoms with Crippen molar-refractivity contribution in [1.29, 1.82) is 0 Å². The Bertz CT molecular complexity index is 972. The van der Waals surface area contributed by atoms with Crippen molar-refractivity contribution in [2.45, 2.75) is 25.5 Å². The molecule has 0 heterocycles. The summed E-state index contributed by atoms with van der Waals surface area (Å²) in [5.74, 6) is 0.415. The number of carbonyl (C=O) groups excluding carboxylic acids is 1. The Kier molecular flexibility index (Phi) is 7.93. The normalized spacial score (nSPS) is 12.6. The molecule has 0 fully saturated rings. The zero-order chi connectivity index (χ0) is 22.2. The Balaban J connectivity index is 1.81. The molecule has 0 spiro atoms. The van der Waals surface area contributed by atoms with Gasteiger partial charge in [-0.3, -0.25) is 0 Å². The number of hydrogen-bond acceptors (Lipinski definition) is 5. The van der Waals surface area contributed by atoms with Crippen molar-refractivity contribution >= 4 is 23.3 Å². The molecule has 0 aromatic heterocycles. The van der Waals surface area contributed by atoms with Crippen LogP contribution in [-0.4, -0.2) is 24.8 Å². The van der Waals surface area contributed by atoms with Crippen LogP contribution in [0.15, 0.2) is 72.8 Å². The number of esters is 1. The number of rotatable bonds is 9. The monoisotopic (exact) mass is 439 g/mol. The molecule has 0 saturated heterocycles. The van der Waals surface area contributed by atoms with E-state index in [4.69, 9.17) is 21.1 Å². The Morgan fingerprint density at radius 3 is 2.16 bits per heavy atom. The van der Waals surface area contributed by atoms with Crippen LogP contribution in [0.4, 0.5) is 5.69 Å². The van der Waals surface area contributed by atoms with Crippen molar-refractivity contribution in [3.63, 3.8) is 0 Å². The predicted molar refractivity (Wildman–Crippen MR) is 123 cm³/mol. The van der Waals surface area contributed by atoms with E-state index in [1.165, 1.54) is 0 Å². The summed E-state index contributed by atoms with van der Waals surface area (Å²) in [6.45, 7) is 2.11. The van der Waals surface area contributed by atoms with Crippen LogP contribution in [0, 0.1) is 0 Å². The molecule has 3 rings (SSSR count). The van der Waals surface area contributed by atoms with Crippen LogP contribution in [-0.2, 0) is 4.74 Å². The van der Waals surface area contributed by atoms with Crippen molar-refractivity contribution in [2.75, 3.05) is 19.0 Å². The summed E-state index contributed by atoms with van der Waals surface area (Å²) >= 11 is 5.97. The molecule has 31 heavy (non-hydrogen) atoms. The fourth-order valence-electron chi connectivity index (χ4n) is 3.28. The Hall–Kier alpha value is -3.02. The summed E-state index contributed by atoms with van der Waals surface area (Å²) in [4.78, 5) is 11.9. The number of anilines is 1. The summed E-state index contributed by atoms with van der Waals surface area (Å²) in [5, 5.41) is 14.9. The maximum atomic E-state index is 11.9. The van der Waals surface area contributed by atoms with E-state index in [-0.39, 0.29) is 12.0 Å². The van der Waals surface area contributed by atoms with Gasteiger partial charge in [-0.15, -0.1) is 0 Å². The van der Waals surface area contributed by atoms with Gasteiger partial charge in [0.25, 0.3) is 0 Å². The molecule has 0 aliphatic carbocycles. The molecular weight excluding hydrogens is 414 g/mol. The number of benzene rings is 3. The van der Waals surface area contributed by atoms with Gasteiger partial charge in [0.1, 0.15) is 5.75 Å². The quantitative estimate of drug-likeness (QED) is 0.412. The molecule has 6 heteroatoms. The maximum Gasteiger partial charge on any atom is 0.338 e. The van der Waals surface area contributed by atoms with Crippen LogP contribution >= 0.6 is 11.6 Å². The lowest BCUT2D eigenvalue weighted by Crippen LogP contribution is -2.15. The second-order valence-electron chi connectivity index (χ2n) is 7.07. The zero-order valence-corrected chi connectivity index (χ0v) is 18.3. The fourth-order valence-corrected chi connectivity index (χ4v) is 3.40. The molecule has 0 bridgehead atoms. The molecule has 3 aromatic rings. The highest BCUT2D eigenvalue weighted by Gasteiger charge is 2.19. The van der Waals surface area contributed by atoms with E-state index < -0.39 is 6.10 Å². The van der Waals surface area contributed by atoms with Gasteiger partial charge in [0, 0.05) is 17.1 Å². The molecule has 0 aliphatic rings. The minimum absolute atomic E-state index is 0.176. The van der Waals surface area contributed by atoms with Crippen molar-refractivity contribution in [1.82, 2.24) is 0 Å². The molecular formula is C25H26ClNO4. The van der Waals surface area contributed by atoms with E-state index in [1.54, 1.807) is 38.3 Å². The standard InChI is InChI=1S/C25H26ClNO4/c1-3-31-25(29)19-6-12-21(13-7-19)27-23(17-8-14-22(30-2)15-9-17)16-24(28)18-4-10-20(26)11-5-18/h4-15,23-24,27-28H,3,16H2,1-2H3. The molecule has 3 aromatic carbocycles. The highest BCUT2D eigenvalue weighted by Crippen LogP contribution is 2.31. The van der Waals surface area contributed by atoms with Crippen molar-refractivity contribution in [2.24, 2.45) is 0 Å². The van der Waals surface area contributed by atoms with Crippen molar-refractivity contribution in [3.05, 3.63) is 94.5 Å². The second-order valence-corrected chi connectivity index (χ2v) is 7.51. The van der Waals surface area contributed by atoms with Gasteiger partial charge in [0.15, 0.2) is 0 Å². The molecule has 0 radical (unpaired) electrons. The average molecular weight is 440 g/mol. The number of methoxy groups -OCH3 is 1. The van der Waals surface area contributed by atoms with Crippen LogP contribution in [0.3, 0.4) is 0 Å². The lowest BCUT2D eigenvalue weighted by molar-refractivity contribution is 0.0526. The van der Waals surface area contributed by atoms with Gasteiger partial charge in [-0.2, -0.15) is 0 Å². The molecule has 2 unspecified atom stereocenters. The third-order valence-electron chi connectivity index (χ3n) is 4.97. The highest BCUT2D eigenvalue weighted by molar-refractivity contribution is 6.30. The number of halogens is 1. The molecule has 0 aliphatic heterocycles. The van der Waals surface area contributed by atoms with Gasteiger partial charge < -0.3 is 19.9 Å². The predicted octanol–water partition coefficient (Wildman–Crippen LogP) is 5.80. The first kappa shape index (κ1) is 22.7. The lowest BCUT2D eigenvalue weighted by atomic mass is 9.96. The van der Waals surface area contributed by atoms with Crippen molar-refractivity contribution < 1.29 is 19.4 Å². The van der Waals surface area contributed by atoms with E-state index >= 15 is 0 Å². The first-order chi connectivity index (χ1) is 15.0. The fraction of sp³-hybridized carbons (Fsp3) is 0.240. The van der Waals surface area contributed by atoms with Gasteiger partial charge in [-0.05, 0) is 66.6 Å². The first-order valence-corrected chi connectivity index (χ1v) is 10.5. The number of aliphatic hydroxyl groups is 1. The third kappa shape index (κ3) is 6.23. The Morgan fingerprint density at radius 2 is 1.58 bits per heavy atom. The van der Waals surface area contributed by atoms with Gasteiger partial charge in [-0.25, -0.2) is 4.79 Å². The Morgan fingerprint density at radius 1 is 0.968 bits per heavy atom.